The van der Waals surface area contributed by atoms with Crippen LogP contribution in [0.5, 0.6) is 17.8 Å². The first-order valence-corrected chi connectivity index (χ1v) is 34.0. The van der Waals surface area contributed by atoms with Crippen molar-refractivity contribution in [1.82, 2.24) is 49.3 Å². The third-order valence-corrected chi connectivity index (χ3v) is 12.5. The van der Waals surface area contributed by atoms with E-state index in [9.17, 15) is 16.8 Å². The van der Waals surface area contributed by atoms with Crippen molar-refractivity contribution in [3.8, 4) is 40.0 Å². The zero-order valence-corrected chi connectivity index (χ0v) is 54.1. The number of nitrogens with zero attached hydrogens (tertiary/aromatic N) is 8. The monoisotopic (exact) mass is 1680 g/mol. The van der Waals surface area contributed by atoms with Crippen molar-refractivity contribution < 1.29 is 40.9 Å². The van der Waals surface area contributed by atoms with E-state index in [1.54, 1.807) is 49.1 Å². The highest BCUT2D eigenvalue weighted by atomic mass is 128. The quantitative estimate of drug-likeness (QED) is 0.0270. The second-order valence-electron chi connectivity index (χ2n) is 13.8. The number of ether oxygens (including phenoxy) is 4. The summed E-state index contributed by atoms with van der Waals surface area (Å²) < 4.78 is 83.8. The van der Waals surface area contributed by atoms with E-state index in [2.05, 4.69) is 160 Å². The number of rotatable bonds is 20. The fraction of sp³-hybridized carbons (Fsp3) is 0.349. The molecule has 5 heterocycles. The van der Waals surface area contributed by atoms with Crippen LogP contribution in [0, 0.1) is 0 Å². The van der Waals surface area contributed by atoms with Gasteiger partial charge in [0.05, 0.1) is 26.7 Å². The van der Waals surface area contributed by atoms with E-state index in [4.69, 9.17) is 35.7 Å². The Morgan fingerprint density at radius 1 is 0.608 bits per heavy atom. The Labute approximate surface area is 511 Å². The molecule has 2 aromatic carbocycles. The Morgan fingerprint density at radius 2 is 1.00 bits per heavy atom. The van der Waals surface area contributed by atoms with Gasteiger partial charge in [0.2, 0.25) is 17.0 Å². The van der Waals surface area contributed by atoms with Gasteiger partial charge in [-0.25, -0.2) is 39.9 Å². The number of halogens is 8. The molecular formula is C43H54Br4ClI3N12O9S2. The fourth-order valence-corrected chi connectivity index (χ4v) is 8.21. The molecule has 408 valence electrons. The topological polar surface area (TPSA) is 277 Å². The lowest BCUT2D eigenvalue weighted by Gasteiger charge is -2.15. The summed E-state index contributed by atoms with van der Waals surface area (Å²) in [6, 6.07) is 14.7. The van der Waals surface area contributed by atoms with Crippen molar-refractivity contribution in [3.05, 3.63) is 109 Å². The van der Waals surface area contributed by atoms with Gasteiger partial charge < -0.3 is 24.1 Å². The number of aliphatic hydroxyl groups excluding tert-OH is 1. The number of hydrogen-bond donors (Lipinski definition) is 5. The summed E-state index contributed by atoms with van der Waals surface area (Å²) in [6.45, 7) is 6.46. The van der Waals surface area contributed by atoms with E-state index >= 15 is 0 Å². The van der Waals surface area contributed by atoms with E-state index in [1.807, 2.05) is 38.1 Å². The first-order valence-electron chi connectivity index (χ1n) is 21.2. The zero-order chi connectivity index (χ0) is 52.8. The Hall–Kier alpha value is -2.10. The largest absolute Gasteiger partial charge is 0.475 e. The average molecular weight is 1680 g/mol. The minimum absolute atomic E-state index is 0. The first-order chi connectivity index (χ1) is 34.6. The standard InChI is InChI=1S/C19H20Br2N6O4S.C15H19BrN4O4S.C4H2BrClN2.C4H8O.CH4.I2.HI/c1-2-7-26-32(28,29)27-17-16(13-3-5-14(20)6-4-13)18(25-12-24-17)30-8-9-31-19-22-10-15(21)11-23-19;1-2-7-19-25(22,23)20-14-13(11-3-5-12(16)6-4-11)15(18-10-17-14)24-9-8-21;5-3-1-7-4(6)8-2-3;1-2-4-5-3-1;;1-2;/h3-6,10-12,26H,2,7-9H2,1H3,(H,24,25,27);3-6,10,19,21H,2,7-9H2,1H3,(H,17,18,20);1-2H;1-4H2;1H4;;1H. The molecule has 1 aliphatic rings. The number of benzene rings is 2. The highest BCUT2D eigenvalue weighted by Gasteiger charge is 2.21. The molecule has 0 bridgehead atoms. The highest BCUT2D eigenvalue weighted by Crippen LogP contribution is 2.36. The van der Waals surface area contributed by atoms with Crippen molar-refractivity contribution in [2.75, 3.05) is 62.2 Å². The lowest BCUT2D eigenvalue weighted by molar-refractivity contribution is 0.197. The Kier molecular flexibility index (Phi) is 37.1. The van der Waals surface area contributed by atoms with Gasteiger partial charge in [0.15, 0.2) is 11.6 Å². The van der Waals surface area contributed by atoms with E-state index < -0.39 is 20.4 Å². The summed E-state index contributed by atoms with van der Waals surface area (Å²) in [5.74, 6) is 0.572. The SMILES string of the molecule is C.C1CCOC1.CCCNS(=O)(=O)Nc1ncnc(OCCO)c1-c1ccc(Br)cc1.CCCNS(=O)(=O)Nc1ncnc(OCCOc2ncc(Br)cn2)c1-c1ccc(Br)cc1.Clc1ncc(Br)cn1.I.II. The number of anilines is 2. The molecule has 0 amide bonds. The second kappa shape index (κ2) is 39.3. The van der Waals surface area contributed by atoms with Gasteiger partial charge in [-0.15, -0.1) is 24.0 Å². The molecule has 0 saturated carbocycles. The normalized spacial score (nSPS) is 11.4. The van der Waals surface area contributed by atoms with Crippen LogP contribution in [0.2, 0.25) is 5.28 Å². The van der Waals surface area contributed by atoms with Gasteiger partial charge in [-0.2, -0.15) is 26.3 Å². The van der Waals surface area contributed by atoms with E-state index in [-0.39, 0.29) is 92.5 Å². The van der Waals surface area contributed by atoms with Gasteiger partial charge in [-0.05, 0) is 105 Å². The number of aliphatic hydroxyl groups is 1. The minimum atomic E-state index is -3.82. The van der Waals surface area contributed by atoms with Crippen molar-refractivity contribution in [1.29, 1.82) is 0 Å². The second-order valence-corrected chi connectivity index (χ2v) is 20.8. The van der Waals surface area contributed by atoms with Gasteiger partial charge in [0.1, 0.15) is 32.5 Å². The van der Waals surface area contributed by atoms with Crippen LogP contribution in [0.15, 0.2) is 104 Å². The van der Waals surface area contributed by atoms with E-state index in [0.29, 0.717) is 48.2 Å². The predicted octanol–water partition coefficient (Wildman–Crippen LogP) is 11.2. The molecule has 7 rings (SSSR count). The van der Waals surface area contributed by atoms with Crippen LogP contribution in [-0.4, -0.2) is 115 Å². The average Bonchev–Trinajstić information content (AvgIpc) is 3.98. The van der Waals surface area contributed by atoms with Gasteiger partial charge in [0, 0.05) is 97.3 Å². The summed E-state index contributed by atoms with van der Waals surface area (Å²) in [7, 11) is -7.59. The smallest absolute Gasteiger partial charge is 0.316 e. The fourth-order valence-electron chi connectivity index (χ4n) is 5.26. The molecule has 6 aromatic rings. The highest BCUT2D eigenvalue weighted by molar-refractivity contribution is 15.0. The van der Waals surface area contributed by atoms with E-state index in [1.165, 1.54) is 25.5 Å². The third kappa shape index (κ3) is 27.5. The molecule has 0 unspecified atom stereocenters. The molecule has 1 saturated heterocycles. The van der Waals surface area contributed by atoms with Gasteiger partial charge in [0.25, 0.3) is 20.4 Å². The third-order valence-electron chi connectivity index (χ3n) is 8.33. The van der Waals surface area contributed by atoms with Crippen LogP contribution in [0.3, 0.4) is 0 Å². The maximum atomic E-state index is 12.4. The lowest BCUT2D eigenvalue weighted by atomic mass is 10.1. The van der Waals surface area contributed by atoms with Crippen LogP contribution in [-0.2, 0) is 25.2 Å². The van der Waals surface area contributed by atoms with E-state index in [0.717, 1.165) is 31.1 Å². The molecule has 1 fully saturated rings. The molecule has 0 spiro atoms. The Bertz CT molecular complexity index is 2700. The molecule has 0 aliphatic carbocycles. The molecular weight excluding hydrogens is 1630 g/mol. The number of aromatic nitrogens is 8. The zero-order valence-electron chi connectivity index (χ0n) is 38.7. The first kappa shape index (κ1) is 69.9. The molecule has 4 aromatic heterocycles. The van der Waals surface area contributed by atoms with Gasteiger partial charge in [-0.1, -0.05) is 77.4 Å². The maximum absolute atomic E-state index is 12.4. The Morgan fingerprint density at radius 3 is 1.36 bits per heavy atom. The van der Waals surface area contributed by atoms with Crippen molar-refractivity contribution in [2.24, 2.45) is 0 Å². The lowest BCUT2D eigenvalue weighted by Crippen LogP contribution is -2.31. The van der Waals surface area contributed by atoms with Crippen LogP contribution < -0.4 is 33.1 Å². The van der Waals surface area contributed by atoms with Crippen LogP contribution in [0.1, 0.15) is 47.0 Å². The summed E-state index contributed by atoms with van der Waals surface area (Å²) in [6.07, 6.45) is 12.6. The summed E-state index contributed by atoms with van der Waals surface area (Å²) in [5.41, 5.74) is 2.14. The Balaban J connectivity index is 0.000000573. The number of nitrogens with one attached hydrogen (secondary N) is 4. The summed E-state index contributed by atoms with van der Waals surface area (Å²) in [4.78, 5) is 31.8. The molecule has 1 aliphatic heterocycles. The summed E-state index contributed by atoms with van der Waals surface area (Å²) in [5, 5.41) is 9.25. The molecule has 5 N–H and O–H groups in total. The summed E-state index contributed by atoms with van der Waals surface area (Å²) >= 11 is 22.8. The van der Waals surface area contributed by atoms with Crippen LogP contribution in [0.25, 0.3) is 22.3 Å². The molecule has 21 nitrogen and oxygen atoms in total. The van der Waals surface area contributed by atoms with Crippen molar-refractivity contribution in [3.63, 3.8) is 0 Å². The van der Waals surface area contributed by atoms with Gasteiger partial charge >= 0.3 is 6.01 Å². The molecule has 0 atom stereocenters. The minimum Gasteiger partial charge on any atom is -0.475 e. The maximum Gasteiger partial charge on any atom is 0.316 e. The predicted molar refractivity (Wildman–Crippen MR) is 330 cm³/mol. The molecule has 0 radical (unpaired) electrons. The van der Waals surface area contributed by atoms with Crippen LogP contribution >= 0.6 is 137 Å². The van der Waals surface area contributed by atoms with Crippen LogP contribution in [0.4, 0.5) is 11.6 Å². The van der Waals surface area contributed by atoms with Crippen molar-refractivity contribution in [2.45, 2.75) is 47.0 Å². The van der Waals surface area contributed by atoms with Gasteiger partial charge in [-0.3, -0.25) is 9.44 Å². The van der Waals surface area contributed by atoms with Crippen molar-refractivity contribution >= 4 is 169 Å². The molecule has 31 heteroatoms. The molecule has 74 heavy (non-hydrogen) atoms. The number of hydrogen-bond acceptors (Lipinski definition) is 17.